The summed E-state index contributed by atoms with van der Waals surface area (Å²) in [6, 6.07) is 0. The molecular weight excluding hydrogens is 246 g/mol. The lowest BCUT2D eigenvalue weighted by atomic mass is 10.3. The Bertz CT molecular complexity index is 317. The van der Waals surface area contributed by atoms with Crippen molar-refractivity contribution in [1.82, 2.24) is 15.2 Å². The summed E-state index contributed by atoms with van der Waals surface area (Å²) < 4.78 is 4.98. The maximum Gasteiger partial charge on any atom is 0.0798 e. The quantitative estimate of drug-likeness (QED) is 0.660. The van der Waals surface area contributed by atoms with Gasteiger partial charge >= 0.3 is 0 Å². The molecule has 1 heterocycles. The summed E-state index contributed by atoms with van der Waals surface area (Å²) in [7, 11) is 3.91. The Morgan fingerprint density at radius 1 is 1.39 bits per heavy atom. The highest BCUT2D eigenvalue weighted by molar-refractivity contribution is 7.09. The largest absolute Gasteiger partial charge is 0.383 e. The zero-order valence-corrected chi connectivity index (χ0v) is 12.6. The lowest BCUT2D eigenvalue weighted by molar-refractivity contribution is 0.199. The topological polar surface area (TPSA) is 37.4 Å². The van der Waals surface area contributed by atoms with Crippen LogP contribution in [0.3, 0.4) is 0 Å². The molecular formula is C13H25N3OS. The molecule has 0 radical (unpaired) electrons. The van der Waals surface area contributed by atoms with E-state index in [1.807, 2.05) is 5.51 Å². The van der Waals surface area contributed by atoms with Crippen LogP contribution in [0, 0.1) is 6.92 Å². The third-order valence-electron chi connectivity index (χ3n) is 2.88. The number of unbranched alkanes of at least 4 members (excludes halogenated alkanes) is 1. The molecule has 1 rings (SSSR count). The highest BCUT2D eigenvalue weighted by Crippen LogP contribution is 2.14. The summed E-state index contributed by atoms with van der Waals surface area (Å²) in [6.45, 7) is 7.07. The number of nitrogens with one attached hydrogen (secondary N) is 1. The fraction of sp³-hybridized carbons (Fsp3) is 0.769. The minimum atomic E-state index is 0.796. The summed E-state index contributed by atoms with van der Waals surface area (Å²) >= 11 is 1.75. The van der Waals surface area contributed by atoms with Crippen molar-refractivity contribution < 1.29 is 4.74 Å². The molecule has 0 saturated carbocycles. The van der Waals surface area contributed by atoms with Crippen molar-refractivity contribution in [1.29, 1.82) is 0 Å². The molecule has 0 saturated heterocycles. The number of methoxy groups -OCH3 is 1. The van der Waals surface area contributed by atoms with Crippen molar-refractivity contribution in [3.8, 4) is 0 Å². The van der Waals surface area contributed by atoms with E-state index in [1.165, 1.54) is 23.4 Å². The zero-order chi connectivity index (χ0) is 13.2. The van der Waals surface area contributed by atoms with Gasteiger partial charge in [-0.05, 0) is 39.9 Å². The number of nitrogens with zero attached hydrogens (tertiary/aromatic N) is 2. The smallest absolute Gasteiger partial charge is 0.0798 e. The van der Waals surface area contributed by atoms with Gasteiger partial charge in [-0.1, -0.05) is 0 Å². The second-order valence-electron chi connectivity index (χ2n) is 4.55. The molecule has 1 N–H and O–H groups in total. The van der Waals surface area contributed by atoms with Crippen molar-refractivity contribution in [2.75, 3.05) is 40.4 Å². The van der Waals surface area contributed by atoms with Crippen molar-refractivity contribution >= 4 is 11.3 Å². The van der Waals surface area contributed by atoms with Crippen LogP contribution in [-0.4, -0.2) is 50.3 Å². The van der Waals surface area contributed by atoms with Gasteiger partial charge in [-0.3, -0.25) is 0 Å². The van der Waals surface area contributed by atoms with Crippen LogP contribution in [0.15, 0.2) is 5.51 Å². The maximum atomic E-state index is 4.98. The van der Waals surface area contributed by atoms with Crippen molar-refractivity contribution in [3.63, 3.8) is 0 Å². The first-order chi connectivity index (χ1) is 8.74. The number of aryl methyl sites for hydroxylation is 1. The number of hydrogen-bond acceptors (Lipinski definition) is 5. The Labute approximate surface area is 114 Å². The number of rotatable bonds is 10. The third kappa shape index (κ3) is 6.44. The van der Waals surface area contributed by atoms with E-state index in [1.54, 1.807) is 18.4 Å². The van der Waals surface area contributed by atoms with Crippen LogP contribution < -0.4 is 5.32 Å². The minimum absolute atomic E-state index is 0.796. The van der Waals surface area contributed by atoms with Gasteiger partial charge in [0, 0.05) is 25.1 Å². The summed E-state index contributed by atoms with van der Waals surface area (Å²) in [6.07, 6.45) is 2.45. The van der Waals surface area contributed by atoms with Crippen LogP contribution in [0.5, 0.6) is 0 Å². The number of ether oxygens (including phenoxy) is 1. The van der Waals surface area contributed by atoms with Crippen molar-refractivity contribution in [2.24, 2.45) is 0 Å². The number of hydrogen-bond donors (Lipinski definition) is 1. The lowest BCUT2D eigenvalue weighted by Gasteiger charge is -2.15. The maximum absolute atomic E-state index is 4.98. The molecule has 0 fully saturated rings. The van der Waals surface area contributed by atoms with E-state index in [4.69, 9.17) is 4.74 Å². The second kappa shape index (κ2) is 9.44. The van der Waals surface area contributed by atoms with Crippen LogP contribution in [0.25, 0.3) is 0 Å². The Hall–Kier alpha value is -0.490. The summed E-state index contributed by atoms with van der Waals surface area (Å²) in [5.41, 5.74) is 3.10. The summed E-state index contributed by atoms with van der Waals surface area (Å²) in [5, 5.41) is 3.36. The molecule has 1 aromatic heterocycles. The van der Waals surface area contributed by atoms with Gasteiger partial charge in [0.15, 0.2) is 0 Å². The molecule has 0 aliphatic carbocycles. The van der Waals surface area contributed by atoms with Crippen LogP contribution in [0.1, 0.15) is 23.4 Å². The third-order valence-corrected chi connectivity index (χ3v) is 3.80. The van der Waals surface area contributed by atoms with E-state index in [0.29, 0.717) is 0 Å². The van der Waals surface area contributed by atoms with Gasteiger partial charge in [-0.25, -0.2) is 4.98 Å². The average molecular weight is 271 g/mol. The highest BCUT2D eigenvalue weighted by Gasteiger charge is 2.04. The van der Waals surface area contributed by atoms with E-state index < -0.39 is 0 Å². The van der Waals surface area contributed by atoms with Crippen LogP contribution >= 0.6 is 11.3 Å². The van der Waals surface area contributed by atoms with Crippen molar-refractivity contribution in [3.05, 3.63) is 16.1 Å². The molecule has 0 atom stereocenters. The van der Waals surface area contributed by atoms with E-state index in [0.717, 1.165) is 32.8 Å². The van der Waals surface area contributed by atoms with E-state index >= 15 is 0 Å². The first kappa shape index (κ1) is 15.6. The molecule has 0 spiro atoms. The lowest BCUT2D eigenvalue weighted by Crippen LogP contribution is -2.23. The predicted octanol–water partition coefficient (Wildman–Crippen LogP) is 1.90. The first-order valence-electron chi connectivity index (χ1n) is 6.51. The molecule has 0 bridgehead atoms. The van der Waals surface area contributed by atoms with Crippen LogP contribution in [-0.2, 0) is 11.3 Å². The summed E-state index contributed by atoms with van der Waals surface area (Å²) in [4.78, 5) is 8.03. The van der Waals surface area contributed by atoms with Gasteiger partial charge < -0.3 is 15.0 Å². The molecule has 18 heavy (non-hydrogen) atoms. The van der Waals surface area contributed by atoms with Gasteiger partial charge in [0.25, 0.3) is 0 Å². The Kier molecular flexibility index (Phi) is 8.17. The van der Waals surface area contributed by atoms with E-state index in [2.05, 4.69) is 29.2 Å². The fourth-order valence-electron chi connectivity index (χ4n) is 1.73. The molecule has 0 unspecified atom stereocenters. The first-order valence-corrected chi connectivity index (χ1v) is 7.39. The van der Waals surface area contributed by atoms with Gasteiger partial charge in [0.1, 0.15) is 0 Å². The van der Waals surface area contributed by atoms with E-state index in [9.17, 15) is 0 Å². The molecule has 4 nitrogen and oxygen atoms in total. The fourth-order valence-corrected chi connectivity index (χ4v) is 2.59. The molecule has 104 valence electrons. The number of aromatic nitrogens is 1. The molecule has 5 heteroatoms. The molecule has 1 aromatic rings. The van der Waals surface area contributed by atoms with Crippen LogP contribution in [0.4, 0.5) is 0 Å². The molecule has 0 amide bonds. The van der Waals surface area contributed by atoms with E-state index in [-0.39, 0.29) is 0 Å². The molecule has 0 aromatic carbocycles. The van der Waals surface area contributed by atoms with Gasteiger partial charge in [0.05, 0.1) is 17.8 Å². The second-order valence-corrected chi connectivity index (χ2v) is 5.49. The molecule has 0 aliphatic rings. The zero-order valence-electron chi connectivity index (χ0n) is 11.7. The van der Waals surface area contributed by atoms with Crippen molar-refractivity contribution in [2.45, 2.75) is 26.3 Å². The normalized spacial score (nSPS) is 11.3. The minimum Gasteiger partial charge on any atom is -0.383 e. The predicted molar refractivity (Wildman–Crippen MR) is 77.2 cm³/mol. The highest BCUT2D eigenvalue weighted by atomic mass is 32.1. The van der Waals surface area contributed by atoms with Gasteiger partial charge in [0.2, 0.25) is 0 Å². The standard InChI is InChI=1S/C13H25N3OS/c1-12-13(18-11-15-12)10-16(2)8-5-4-6-14-7-9-17-3/h11,14H,4-10H2,1-3H3. The van der Waals surface area contributed by atoms with Gasteiger partial charge in [-0.15, -0.1) is 11.3 Å². The SMILES string of the molecule is COCCNCCCCN(C)Cc1scnc1C. The van der Waals surface area contributed by atoms with Gasteiger partial charge in [-0.2, -0.15) is 0 Å². The van der Waals surface area contributed by atoms with Crippen LogP contribution in [0.2, 0.25) is 0 Å². The number of thiazole rings is 1. The Morgan fingerprint density at radius 3 is 2.89 bits per heavy atom. The monoisotopic (exact) mass is 271 g/mol. The summed E-state index contributed by atoms with van der Waals surface area (Å²) in [5.74, 6) is 0. The molecule has 0 aliphatic heterocycles. The Balaban J connectivity index is 2.00. The average Bonchev–Trinajstić information content (AvgIpc) is 2.74. The Morgan fingerprint density at radius 2 is 2.22 bits per heavy atom.